The third kappa shape index (κ3) is 1.85. The second-order valence-electron chi connectivity index (χ2n) is 4.33. The molecule has 1 aromatic heterocycles. The van der Waals surface area contributed by atoms with Crippen molar-refractivity contribution in [1.82, 2.24) is 15.3 Å². The lowest BCUT2D eigenvalue weighted by molar-refractivity contribution is 0.413. The van der Waals surface area contributed by atoms with Crippen molar-refractivity contribution in [3.05, 3.63) is 30.5 Å². The van der Waals surface area contributed by atoms with Gasteiger partial charge in [0.05, 0.1) is 11.6 Å². The third-order valence-electron chi connectivity index (χ3n) is 3.27. The van der Waals surface area contributed by atoms with Gasteiger partial charge in [0.2, 0.25) is 5.95 Å². The van der Waals surface area contributed by atoms with E-state index in [1.165, 1.54) is 0 Å². The van der Waals surface area contributed by atoms with Crippen molar-refractivity contribution in [3.8, 4) is 0 Å². The molecule has 0 aliphatic carbocycles. The Hall–Kier alpha value is -1.68. The first-order valence-corrected chi connectivity index (χ1v) is 6.07. The fourth-order valence-electron chi connectivity index (χ4n) is 2.16. The summed E-state index contributed by atoms with van der Waals surface area (Å²) >= 11 is 0. The van der Waals surface area contributed by atoms with Crippen LogP contribution >= 0.6 is 0 Å². The van der Waals surface area contributed by atoms with Crippen LogP contribution in [0.5, 0.6) is 0 Å². The molecule has 1 N–H and O–H groups in total. The number of likely N-dealkylation sites (N-methyl/N-ethyl adjacent to an activating group) is 1. The van der Waals surface area contributed by atoms with Crippen molar-refractivity contribution in [2.24, 2.45) is 0 Å². The smallest absolute Gasteiger partial charge is 0.226 e. The lowest BCUT2D eigenvalue weighted by Gasteiger charge is -2.37. The second-order valence-corrected chi connectivity index (χ2v) is 4.33. The Balaban J connectivity index is 1.98. The summed E-state index contributed by atoms with van der Waals surface area (Å²) in [5.74, 6) is 0.845. The van der Waals surface area contributed by atoms with Crippen LogP contribution in [0.1, 0.15) is 6.92 Å². The zero-order valence-corrected chi connectivity index (χ0v) is 9.93. The molecule has 0 radical (unpaired) electrons. The molecule has 17 heavy (non-hydrogen) atoms. The highest BCUT2D eigenvalue weighted by Gasteiger charge is 2.25. The van der Waals surface area contributed by atoms with Gasteiger partial charge in [-0.2, -0.15) is 0 Å². The van der Waals surface area contributed by atoms with Crippen LogP contribution < -0.4 is 10.2 Å². The van der Waals surface area contributed by atoms with E-state index in [4.69, 9.17) is 0 Å². The number of benzene rings is 1. The van der Waals surface area contributed by atoms with Gasteiger partial charge in [-0.15, -0.1) is 0 Å². The molecule has 0 atom stereocenters. The molecule has 0 amide bonds. The van der Waals surface area contributed by atoms with E-state index in [2.05, 4.69) is 27.1 Å². The molecular formula is C13H16N4. The summed E-state index contributed by atoms with van der Waals surface area (Å²) in [7, 11) is 0. The zero-order valence-electron chi connectivity index (χ0n) is 9.93. The number of nitrogens with zero attached hydrogens (tertiary/aromatic N) is 3. The molecular weight excluding hydrogens is 212 g/mol. The van der Waals surface area contributed by atoms with Gasteiger partial charge >= 0.3 is 0 Å². The number of anilines is 1. The predicted molar refractivity (Wildman–Crippen MR) is 69.2 cm³/mol. The van der Waals surface area contributed by atoms with E-state index >= 15 is 0 Å². The normalized spacial score (nSPS) is 15.8. The van der Waals surface area contributed by atoms with Crippen molar-refractivity contribution >= 4 is 16.9 Å². The number of hydrogen-bond donors (Lipinski definition) is 1. The first-order valence-electron chi connectivity index (χ1n) is 6.07. The van der Waals surface area contributed by atoms with Gasteiger partial charge in [0.15, 0.2) is 0 Å². The highest BCUT2D eigenvalue weighted by atomic mass is 15.3. The largest absolute Gasteiger partial charge is 0.336 e. The van der Waals surface area contributed by atoms with Gasteiger partial charge < -0.3 is 10.2 Å². The maximum atomic E-state index is 4.64. The van der Waals surface area contributed by atoms with Gasteiger partial charge in [0.25, 0.3) is 0 Å². The van der Waals surface area contributed by atoms with Crippen LogP contribution in [0.2, 0.25) is 0 Å². The van der Waals surface area contributed by atoms with E-state index in [-0.39, 0.29) is 0 Å². The molecule has 1 aliphatic rings. The Morgan fingerprint density at radius 1 is 1.35 bits per heavy atom. The van der Waals surface area contributed by atoms with Crippen molar-refractivity contribution < 1.29 is 0 Å². The Labute approximate surface area is 101 Å². The van der Waals surface area contributed by atoms with Crippen LogP contribution in [0.3, 0.4) is 0 Å². The van der Waals surface area contributed by atoms with Crippen LogP contribution in [-0.4, -0.2) is 35.6 Å². The zero-order chi connectivity index (χ0) is 11.7. The van der Waals surface area contributed by atoms with E-state index in [1.54, 1.807) is 0 Å². The minimum absolute atomic E-state index is 0.543. The fourth-order valence-corrected chi connectivity index (χ4v) is 2.16. The minimum atomic E-state index is 0.543. The van der Waals surface area contributed by atoms with E-state index in [9.17, 15) is 0 Å². The van der Waals surface area contributed by atoms with E-state index < -0.39 is 0 Å². The molecule has 0 unspecified atom stereocenters. The summed E-state index contributed by atoms with van der Waals surface area (Å²) < 4.78 is 0. The fraction of sp³-hybridized carbons (Fsp3) is 0.385. The lowest BCUT2D eigenvalue weighted by atomic mass is 10.1. The number of fused-ring (bicyclic) bond motifs is 1. The Morgan fingerprint density at radius 2 is 2.18 bits per heavy atom. The topological polar surface area (TPSA) is 41.1 Å². The molecule has 88 valence electrons. The van der Waals surface area contributed by atoms with Gasteiger partial charge in [-0.05, 0) is 13.0 Å². The van der Waals surface area contributed by atoms with Gasteiger partial charge in [0, 0.05) is 31.2 Å². The summed E-state index contributed by atoms with van der Waals surface area (Å²) in [6.45, 7) is 5.16. The maximum absolute atomic E-state index is 4.64. The van der Waals surface area contributed by atoms with Gasteiger partial charge in [-0.3, -0.25) is 0 Å². The SMILES string of the molecule is CCN(c1ncc2ccccc2n1)C1CNC1. The molecule has 1 aliphatic heterocycles. The second kappa shape index (κ2) is 4.30. The monoisotopic (exact) mass is 228 g/mol. The van der Waals surface area contributed by atoms with Crippen molar-refractivity contribution in [2.75, 3.05) is 24.5 Å². The molecule has 2 aromatic rings. The molecule has 0 bridgehead atoms. The predicted octanol–water partition coefficient (Wildman–Crippen LogP) is 1.43. The summed E-state index contributed by atoms with van der Waals surface area (Å²) in [6, 6.07) is 8.65. The molecule has 2 heterocycles. The van der Waals surface area contributed by atoms with Crippen molar-refractivity contribution in [1.29, 1.82) is 0 Å². The Kier molecular flexibility index (Phi) is 2.65. The number of hydrogen-bond acceptors (Lipinski definition) is 4. The molecule has 4 heteroatoms. The average molecular weight is 228 g/mol. The first-order chi connectivity index (χ1) is 8.38. The Bertz CT molecular complexity index is 522. The highest BCUT2D eigenvalue weighted by Crippen LogP contribution is 2.17. The summed E-state index contributed by atoms with van der Waals surface area (Å²) in [4.78, 5) is 11.4. The summed E-state index contributed by atoms with van der Waals surface area (Å²) in [5.41, 5.74) is 1.02. The third-order valence-corrected chi connectivity index (χ3v) is 3.27. The molecule has 4 nitrogen and oxygen atoms in total. The van der Waals surface area contributed by atoms with Crippen LogP contribution in [0, 0.1) is 0 Å². The van der Waals surface area contributed by atoms with Gasteiger partial charge in [0.1, 0.15) is 0 Å². The number of nitrogens with one attached hydrogen (secondary N) is 1. The molecule has 0 spiro atoms. The van der Waals surface area contributed by atoms with Crippen LogP contribution in [0.25, 0.3) is 10.9 Å². The first kappa shape index (κ1) is 10.5. The number of para-hydroxylation sites is 1. The average Bonchev–Trinajstić information content (AvgIpc) is 2.33. The van der Waals surface area contributed by atoms with Crippen molar-refractivity contribution in [2.45, 2.75) is 13.0 Å². The van der Waals surface area contributed by atoms with E-state index in [0.29, 0.717) is 6.04 Å². The van der Waals surface area contributed by atoms with Gasteiger partial charge in [-0.1, -0.05) is 18.2 Å². The molecule has 3 rings (SSSR count). The molecule has 1 fully saturated rings. The van der Waals surface area contributed by atoms with Crippen molar-refractivity contribution in [3.63, 3.8) is 0 Å². The minimum Gasteiger partial charge on any atom is -0.336 e. The van der Waals surface area contributed by atoms with E-state index in [1.807, 2.05) is 30.5 Å². The number of aromatic nitrogens is 2. The van der Waals surface area contributed by atoms with E-state index in [0.717, 1.165) is 36.5 Å². The van der Waals surface area contributed by atoms with Gasteiger partial charge in [-0.25, -0.2) is 9.97 Å². The number of rotatable bonds is 3. The molecule has 1 saturated heterocycles. The van der Waals surface area contributed by atoms with Crippen LogP contribution in [-0.2, 0) is 0 Å². The van der Waals surface area contributed by atoms with Crippen LogP contribution in [0.4, 0.5) is 5.95 Å². The highest BCUT2D eigenvalue weighted by molar-refractivity contribution is 5.78. The standard InChI is InChI=1S/C13H16N4/c1-2-17(11-8-14-9-11)13-15-7-10-5-3-4-6-12(10)16-13/h3-7,11,14H,2,8-9H2,1H3. The Morgan fingerprint density at radius 3 is 2.88 bits per heavy atom. The lowest BCUT2D eigenvalue weighted by Crippen LogP contribution is -2.57. The summed E-state index contributed by atoms with van der Waals surface area (Å²) in [6.07, 6.45) is 1.91. The molecule has 0 saturated carbocycles. The maximum Gasteiger partial charge on any atom is 0.226 e. The summed E-state index contributed by atoms with van der Waals surface area (Å²) in [5, 5.41) is 4.38. The van der Waals surface area contributed by atoms with Crippen LogP contribution in [0.15, 0.2) is 30.5 Å². The molecule has 1 aromatic carbocycles. The quantitative estimate of drug-likeness (QED) is 0.862.